The average Bonchev–Trinajstić information content (AvgIpc) is 2.13. The molecular formula is C10H18NO3. The second-order valence-electron chi connectivity index (χ2n) is 3.29. The highest BCUT2D eigenvalue weighted by atomic mass is 16.5. The van der Waals surface area contributed by atoms with Gasteiger partial charge in [0.2, 0.25) is 5.91 Å². The molecule has 0 aromatic rings. The molecule has 0 aliphatic carbocycles. The van der Waals surface area contributed by atoms with Crippen LogP contribution in [0.15, 0.2) is 0 Å². The highest BCUT2D eigenvalue weighted by Crippen LogP contribution is 2.16. The largest absolute Gasteiger partial charge is 0.466 e. The molecule has 1 amide bonds. The fourth-order valence-corrected chi connectivity index (χ4v) is 1.02. The van der Waals surface area contributed by atoms with Gasteiger partial charge in [0.1, 0.15) is 0 Å². The Balaban J connectivity index is 3.78. The summed E-state index contributed by atoms with van der Waals surface area (Å²) in [6.07, 6.45) is 0.822. The van der Waals surface area contributed by atoms with Gasteiger partial charge in [-0.05, 0) is 26.2 Å². The molecule has 81 valence electrons. The molecule has 0 fully saturated rings. The molecule has 0 spiro atoms. The van der Waals surface area contributed by atoms with Crippen LogP contribution in [0.25, 0.3) is 0 Å². The van der Waals surface area contributed by atoms with Crippen molar-refractivity contribution in [3.63, 3.8) is 0 Å². The van der Waals surface area contributed by atoms with E-state index in [1.165, 1.54) is 0 Å². The number of primary amides is 1. The van der Waals surface area contributed by atoms with E-state index in [9.17, 15) is 9.59 Å². The number of nitrogens with two attached hydrogens (primary N) is 1. The molecule has 0 aromatic carbocycles. The van der Waals surface area contributed by atoms with Crippen LogP contribution >= 0.6 is 0 Å². The average molecular weight is 200 g/mol. The normalized spacial score (nSPS) is 14.5. The van der Waals surface area contributed by atoms with Crippen LogP contribution in [-0.4, -0.2) is 18.5 Å². The number of hydrogen-bond donors (Lipinski definition) is 1. The first-order valence-electron chi connectivity index (χ1n) is 4.77. The Morgan fingerprint density at radius 2 is 2.07 bits per heavy atom. The summed E-state index contributed by atoms with van der Waals surface area (Å²) in [7, 11) is 0. The van der Waals surface area contributed by atoms with Gasteiger partial charge in [-0.1, -0.05) is 6.92 Å². The lowest BCUT2D eigenvalue weighted by Gasteiger charge is -2.15. The van der Waals surface area contributed by atoms with E-state index in [0.717, 1.165) is 0 Å². The van der Waals surface area contributed by atoms with Crippen LogP contribution in [0.2, 0.25) is 0 Å². The summed E-state index contributed by atoms with van der Waals surface area (Å²) in [4.78, 5) is 21.8. The molecule has 0 heterocycles. The standard InChI is InChI=1S/C10H18NO3/c1-4-14-9(12)6-5-7(2)8(3)10(11)13/h7-8H,2,4-6H2,1,3H3,(H2,11,13). The molecule has 2 unspecified atom stereocenters. The molecule has 2 atom stereocenters. The molecule has 2 N–H and O–H groups in total. The van der Waals surface area contributed by atoms with Crippen molar-refractivity contribution < 1.29 is 14.3 Å². The van der Waals surface area contributed by atoms with Crippen LogP contribution < -0.4 is 5.73 Å². The van der Waals surface area contributed by atoms with E-state index < -0.39 is 0 Å². The van der Waals surface area contributed by atoms with Crippen molar-refractivity contribution in [2.24, 2.45) is 17.6 Å². The maximum absolute atomic E-state index is 11.0. The van der Waals surface area contributed by atoms with Crippen LogP contribution in [-0.2, 0) is 14.3 Å². The Bertz CT molecular complexity index is 204. The summed E-state index contributed by atoms with van der Waals surface area (Å²) in [5.41, 5.74) is 5.11. The van der Waals surface area contributed by atoms with Crippen molar-refractivity contribution >= 4 is 11.9 Å². The number of rotatable bonds is 6. The summed E-state index contributed by atoms with van der Waals surface area (Å²) in [5.74, 6) is -1.06. The second-order valence-corrected chi connectivity index (χ2v) is 3.29. The number of carbonyl (C=O) groups excluding carboxylic acids is 2. The van der Waals surface area contributed by atoms with Crippen molar-refractivity contribution in [1.82, 2.24) is 0 Å². The van der Waals surface area contributed by atoms with Gasteiger partial charge in [-0.25, -0.2) is 0 Å². The lowest BCUT2D eigenvalue weighted by atomic mass is 9.91. The number of esters is 1. The number of carbonyl (C=O) groups is 2. The lowest BCUT2D eigenvalue weighted by molar-refractivity contribution is -0.143. The van der Waals surface area contributed by atoms with Crippen molar-refractivity contribution in [1.29, 1.82) is 0 Å². The fraction of sp³-hybridized carbons (Fsp3) is 0.700. The van der Waals surface area contributed by atoms with Crippen molar-refractivity contribution in [3.8, 4) is 0 Å². The van der Waals surface area contributed by atoms with E-state index in [-0.39, 0.29) is 23.7 Å². The Morgan fingerprint density at radius 1 is 1.50 bits per heavy atom. The summed E-state index contributed by atoms with van der Waals surface area (Å²) in [6, 6.07) is 0. The third-order valence-electron chi connectivity index (χ3n) is 2.18. The van der Waals surface area contributed by atoms with E-state index >= 15 is 0 Å². The molecule has 0 saturated heterocycles. The van der Waals surface area contributed by atoms with Crippen LogP contribution in [0.3, 0.4) is 0 Å². The topological polar surface area (TPSA) is 69.4 Å². The maximum Gasteiger partial charge on any atom is 0.305 e. The Kier molecular flexibility index (Phi) is 5.92. The molecule has 0 aliphatic rings. The molecule has 1 radical (unpaired) electrons. The monoisotopic (exact) mass is 200 g/mol. The molecule has 14 heavy (non-hydrogen) atoms. The van der Waals surface area contributed by atoms with Crippen molar-refractivity contribution in [2.45, 2.75) is 26.7 Å². The Labute approximate surface area is 84.8 Å². The zero-order chi connectivity index (χ0) is 11.1. The quantitative estimate of drug-likeness (QED) is 0.648. The van der Waals surface area contributed by atoms with E-state index in [2.05, 4.69) is 6.92 Å². The van der Waals surface area contributed by atoms with Crippen molar-refractivity contribution in [2.75, 3.05) is 6.61 Å². The molecule has 0 rings (SSSR count). The van der Waals surface area contributed by atoms with E-state index in [1.807, 2.05) is 0 Å². The van der Waals surface area contributed by atoms with Gasteiger partial charge in [-0.3, -0.25) is 9.59 Å². The van der Waals surface area contributed by atoms with E-state index in [1.54, 1.807) is 13.8 Å². The predicted octanol–water partition coefficient (Wildman–Crippen LogP) is 0.901. The third kappa shape index (κ3) is 4.84. The van der Waals surface area contributed by atoms with Gasteiger partial charge in [0, 0.05) is 12.3 Å². The zero-order valence-electron chi connectivity index (χ0n) is 8.79. The third-order valence-corrected chi connectivity index (χ3v) is 2.18. The smallest absolute Gasteiger partial charge is 0.305 e. The summed E-state index contributed by atoms with van der Waals surface area (Å²) >= 11 is 0. The first kappa shape index (κ1) is 12.9. The van der Waals surface area contributed by atoms with Crippen LogP contribution in [0.5, 0.6) is 0 Å². The number of amides is 1. The second kappa shape index (κ2) is 6.40. The van der Waals surface area contributed by atoms with Crippen LogP contribution in [0.1, 0.15) is 26.7 Å². The predicted molar refractivity (Wildman–Crippen MR) is 53.1 cm³/mol. The van der Waals surface area contributed by atoms with Gasteiger partial charge in [0.05, 0.1) is 6.61 Å². The van der Waals surface area contributed by atoms with Crippen LogP contribution in [0, 0.1) is 18.8 Å². The molecule has 4 nitrogen and oxygen atoms in total. The first-order valence-corrected chi connectivity index (χ1v) is 4.77. The van der Waals surface area contributed by atoms with Gasteiger partial charge in [0.15, 0.2) is 0 Å². The lowest BCUT2D eigenvalue weighted by Crippen LogP contribution is -2.26. The van der Waals surface area contributed by atoms with E-state index in [4.69, 9.17) is 10.5 Å². The molecular weight excluding hydrogens is 182 g/mol. The Morgan fingerprint density at radius 3 is 2.50 bits per heavy atom. The minimum absolute atomic E-state index is 0.128. The number of hydrogen-bond acceptors (Lipinski definition) is 3. The van der Waals surface area contributed by atoms with Gasteiger partial charge in [-0.2, -0.15) is 0 Å². The zero-order valence-corrected chi connectivity index (χ0v) is 8.79. The molecule has 4 heteroatoms. The summed E-state index contributed by atoms with van der Waals surface area (Å²) in [6.45, 7) is 7.63. The number of ether oxygens (including phenoxy) is 1. The minimum Gasteiger partial charge on any atom is -0.466 e. The highest BCUT2D eigenvalue weighted by Gasteiger charge is 2.18. The fourth-order valence-electron chi connectivity index (χ4n) is 1.02. The molecule has 0 aromatic heterocycles. The summed E-state index contributed by atoms with van der Waals surface area (Å²) < 4.78 is 4.75. The van der Waals surface area contributed by atoms with Crippen LogP contribution in [0.4, 0.5) is 0 Å². The van der Waals surface area contributed by atoms with Gasteiger partial charge < -0.3 is 10.5 Å². The van der Waals surface area contributed by atoms with Gasteiger partial charge >= 0.3 is 5.97 Å². The molecule has 0 saturated carbocycles. The van der Waals surface area contributed by atoms with Gasteiger partial charge in [-0.15, -0.1) is 0 Å². The van der Waals surface area contributed by atoms with Crippen molar-refractivity contribution in [3.05, 3.63) is 6.92 Å². The summed E-state index contributed by atoms with van der Waals surface area (Å²) in [5, 5.41) is 0. The Hall–Kier alpha value is -1.06. The first-order chi connectivity index (χ1) is 6.49. The highest BCUT2D eigenvalue weighted by molar-refractivity contribution is 5.76. The maximum atomic E-state index is 11.0. The SMILES string of the molecule is [CH2]C(CCC(=O)OCC)C(C)C(N)=O. The minimum atomic E-state index is -0.381. The van der Waals surface area contributed by atoms with E-state index in [0.29, 0.717) is 19.4 Å². The van der Waals surface area contributed by atoms with Gasteiger partial charge in [0.25, 0.3) is 0 Å². The molecule has 0 aliphatic heterocycles. The molecule has 0 bridgehead atoms.